The van der Waals surface area contributed by atoms with Crippen LogP contribution < -0.4 is 16.0 Å². The molecule has 0 aromatic heterocycles. The summed E-state index contributed by atoms with van der Waals surface area (Å²) in [6.45, 7) is 2.83. The molecule has 0 saturated carbocycles. The van der Waals surface area contributed by atoms with Crippen LogP contribution in [-0.2, 0) is 0 Å². The number of hydrogen-bond acceptors (Lipinski definition) is 3. The zero-order valence-electron chi connectivity index (χ0n) is 8.72. The van der Waals surface area contributed by atoms with E-state index in [1.54, 1.807) is 0 Å². The minimum absolute atomic E-state index is 0.193. The minimum atomic E-state index is 0.193. The minimum Gasteiger partial charge on any atom is -0.493 e. The average molecular weight is 271 g/mol. The van der Waals surface area contributed by atoms with Crippen LogP contribution >= 0.6 is 15.9 Å². The number of nitrogens with two attached hydrogens (primary N) is 1. The maximum atomic E-state index is 5.75. The van der Waals surface area contributed by atoms with E-state index >= 15 is 0 Å². The molecular formula is C11H15BrN2O. The highest BCUT2D eigenvalue weighted by Crippen LogP contribution is 2.36. The number of fused-ring (bicyclic) bond motifs is 1. The molecule has 1 aromatic rings. The molecule has 0 bridgehead atoms. The number of halogens is 1. The topological polar surface area (TPSA) is 47.3 Å². The summed E-state index contributed by atoms with van der Waals surface area (Å²) in [5.74, 6) is 6.55. The molecule has 0 aliphatic carbocycles. The van der Waals surface area contributed by atoms with E-state index in [4.69, 9.17) is 10.6 Å². The number of rotatable bonds is 1. The smallest absolute Gasteiger partial charge is 0.127 e. The molecule has 4 heteroatoms. The Balaban J connectivity index is 2.50. The van der Waals surface area contributed by atoms with Crippen molar-refractivity contribution < 1.29 is 4.74 Å². The van der Waals surface area contributed by atoms with Crippen molar-refractivity contribution in [3.63, 3.8) is 0 Å². The molecular weight excluding hydrogens is 256 g/mol. The number of nitrogens with one attached hydrogen (secondary N) is 1. The molecule has 1 aliphatic heterocycles. The van der Waals surface area contributed by atoms with Crippen molar-refractivity contribution in [2.24, 2.45) is 5.84 Å². The average Bonchev–Trinajstić information content (AvgIpc) is 2.39. The van der Waals surface area contributed by atoms with E-state index in [0.29, 0.717) is 0 Å². The van der Waals surface area contributed by atoms with Crippen molar-refractivity contribution in [3.05, 3.63) is 27.7 Å². The lowest BCUT2D eigenvalue weighted by molar-refractivity contribution is 0.313. The van der Waals surface area contributed by atoms with Crippen LogP contribution in [0.15, 0.2) is 16.6 Å². The van der Waals surface area contributed by atoms with E-state index < -0.39 is 0 Å². The van der Waals surface area contributed by atoms with Gasteiger partial charge in [0.05, 0.1) is 6.61 Å². The van der Waals surface area contributed by atoms with Crippen LogP contribution in [0.5, 0.6) is 5.75 Å². The van der Waals surface area contributed by atoms with Crippen LogP contribution in [0.3, 0.4) is 0 Å². The van der Waals surface area contributed by atoms with Gasteiger partial charge in [0.25, 0.3) is 0 Å². The van der Waals surface area contributed by atoms with E-state index in [-0.39, 0.29) is 6.04 Å². The molecule has 1 unspecified atom stereocenters. The lowest BCUT2D eigenvalue weighted by atomic mass is 10.0. The Morgan fingerprint density at radius 2 is 2.33 bits per heavy atom. The largest absolute Gasteiger partial charge is 0.493 e. The number of hydrogen-bond donors (Lipinski definition) is 2. The maximum Gasteiger partial charge on any atom is 0.127 e. The van der Waals surface area contributed by atoms with Crippen molar-refractivity contribution >= 4 is 15.9 Å². The number of ether oxygens (including phenoxy) is 1. The third-order valence-corrected chi connectivity index (χ3v) is 3.19. The number of benzene rings is 1. The molecule has 0 spiro atoms. The molecule has 1 aromatic carbocycles. The summed E-state index contributed by atoms with van der Waals surface area (Å²) in [4.78, 5) is 0. The first-order valence-corrected chi connectivity index (χ1v) is 5.90. The molecule has 0 saturated heterocycles. The molecule has 1 heterocycles. The fraction of sp³-hybridized carbons (Fsp3) is 0.455. The predicted molar refractivity (Wildman–Crippen MR) is 63.7 cm³/mol. The lowest BCUT2D eigenvalue weighted by Gasteiger charge is -2.17. The fourth-order valence-corrected chi connectivity index (χ4v) is 2.59. The second kappa shape index (κ2) is 4.51. The number of aryl methyl sites for hydroxylation is 1. The molecule has 3 N–H and O–H groups in total. The predicted octanol–water partition coefficient (Wildman–Crippen LogP) is 2.43. The SMILES string of the molecule is Cc1cc(Br)cc2c1OCCCC2NN. The van der Waals surface area contributed by atoms with Crippen molar-refractivity contribution in [2.45, 2.75) is 25.8 Å². The normalized spacial score (nSPS) is 20.3. The van der Waals surface area contributed by atoms with E-state index in [9.17, 15) is 0 Å². The van der Waals surface area contributed by atoms with E-state index in [1.807, 2.05) is 0 Å². The van der Waals surface area contributed by atoms with Crippen LogP contribution in [-0.4, -0.2) is 6.61 Å². The molecule has 0 amide bonds. The molecule has 1 aliphatic rings. The quantitative estimate of drug-likeness (QED) is 0.609. The zero-order chi connectivity index (χ0) is 10.8. The van der Waals surface area contributed by atoms with E-state index in [1.165, 1.54) is 0 Å². The zero-order valence-corrected chi connectivity index (χ0v) is 10.3. The van der Waals surface area contributed by atoms with Crippen molar-refractivity contribution in [1.29, 1.82) is 0 Å². The van der Waals surface area contributed by atoms with E-state index in [2.05, 4.69) is 40.4 Å². The van der Waals surface area contributed by atoms with Crippen LogP contribution in [0.2, 0.25) is 0 Å². The molecule has 0 fully saturated rings. The summed E-state index contributed by atoms with van der Waals surface area (Å²) in [5, 5.41) is 0. The highest BCUT2D eigenvalue weighted by atomic mass is 79.9. The molecule has 1 atom stereocenters. The Bertz CT molecular complexity index is 368. The Morgan fingerprint density at radius 3 is 3.07 bits per heavy atom. The van der Waals surface area contributed by atoms with Crippen LogP contribution in [0, 0.1) is 6.92 Å². The molecule has 15 heavy (non-hydrogen) atoms. The maximum absolute atomic E-state index is 5.75. The standard InChI is InChI=1S/C11H15BrN2O/c1-7-5-8(12)6-9-10(14-13)3-2-4-15-11(7)9/h5-6,10,14H,2-4,13H2,1H3. The first-order chi connectivity index (χ1) is 7.22. The van der Waals surface area contributed by atoms with Crippen molar-refractivity contribution in [1.82, 2.24) is 5.43 Å². The Morgan fingerprint density at radius 1 is 1.53 bits per heavy atom. The van der Waals surface area contributed by atoms with Gasteiger partial charge in [0.2, 0.25) is 0 Å². The van der Waals surface area contributed by atoms with Gasteiger partial charge >= 0.3 is 0 Å². The van der Waals surface area contributed by atoms with Crippen LogP contribution in [0.1, 0.15) is 30.0 Å². The molecule has 82 valence electrons. The second-order valence-corrected chi connectivity index (χ2v) is 4.77. The first-order valence-electron chi connectivity index (χ1n) is 5.11. The number of hydrazine groups is 1. The second-order valence-electron chi connectivity index (χ2n) is 3.85. The van der Waals surface area contributed by atoms with Gasteiger partial charge < -0.3 is 4.74 Å². The summed E-state index contributed by atoms with van der Waals surface area (Å²) >= 11 is 3.50. The monoisotopic (exact) mass is 270 g/mol. The first kappa shape index (κ1) is 10.9. The van der Waals surface area contributed by atoms with E-state index in [0.717, 1.165) is 40.8 Å². The van der Waals surface area contributed by atoms with Crippen molar-refractivity contribution in [2.75, 3.05) is 6.61 Å². The Hall–Kier alpha value is -0.580. The Labute approximate surface area is 98.1 Å². The third kappa shape index (κ3) is 2.17. The van der Waals surface area contributed by atoms with Crippen LogP contribution in [0.25, 0.3) is 0 Å². The van der Waals surface area contributed by atoms with Gasteiger partial charge in [-0.15, -0.1) is 0 Å². The highest BCUT2D eigenvalue weighted by molar-refractivity contribution is 9.10. The third-order valence-electron chi connectivity index (χ3n) is 2.73. The van der Waals surface area contributed by atoms with Gasteiger partial charge in [-0.3, -0.25) is 11.3 Å². The Kier molecular flexibility index (Phi) is 3.29. The van der Waals surface area contributed by atoms with Gasteiger partial charge in [-0.25, -0.2) is 0 Å². The van der Waals surface area contributed by atoms with Gasteiger partial charge in [0, 0.05) is 16.1 Å². The van der Waals surface area contributed by atoms with Gasteiger partial charge in [-0.1, -0.05) is 15.9 Å². The van der Waals surface area contributed by atoms with Gasteiger partial charge in [0.1, 0.15) is 5.75 Å². The van der Waals surface area contributed by atoms with Gasteiger partial charge in [0.15, 0.2) is 0 Å². The molecule has 2 rings (SSSR count). The highest BCUT2D eigenvalue weighted by Gasteiger charge is 2.20. The molecule has 3 nitrogen and oxygen atoms in total. The summed E-state index contributed by atoms with van der Waals surface area (Å²) in [6, 6.07) is 4.34. The summed E-state index contributed by atoms with van der Waals surface area (Å²) < 4.78 is 6.82. The van der Waals surface area contributed by atoms with Gasteiger partial charge in [-0.05, 0) is 37.5 Å². The lowest BCUT2D eigenvalue weighted by Crippen LogP contribution is -2.27. The summed E-state index contributed by atoms with van der Waals surface area (Å²) in [7, 11) is 0. The summed E-state index contributed by atoms with van der Waals surface area (Å²) in [5.41, 5.74) is 5.16. The van der Waals surface area contributed by atoms with Crippen LogP contribution in [0.4, 0.5) is 0 Å². The van der Waals surface area contributed by atoms with Crippen molar-refractivity contribution in [3.8, 4) is 5.75 Å². The fourth-order valence-electron chi connectivity index (χ4n) is 2.00. The summed E-state index contributed by atoms with van der Waals surface area (Å²) in [6.07, 6.45) is 2.04. The molecule has 0 radical (unpaired) electrons. The van der Waals surface area contributed by atoms with Gasteiger partial charge in [-0.2, -0.15) is 0 Å².